The molecule has 0 atom stereocenters. The molecule has 2 aliphatic rings. The minimum atomic E-state index is -3.57. The lowest BCUT2D eigenvalue weighted by atomic mass is 10.3. The summed E-state index contributed by atoms with van der Waals surface area (Å²) in [6.07, 6.45) is 3.89. The number of carbonyl (C=O) groups is 1. The molecule has 1 amide bonds. The molecule has 1 aliphatic heterocycles. The minimum Gasteiger partial charge on any atom is -0.339 e. The SMILES string of the molecule is CN1CCN(C(=O)CNS(=O)(=O)NC2CCCC2)CC1. The maximum Gasteiger partial charge on any atom is 0.277 e. The molecule has 1 heterocycles. The van der Waals surface area contributed by atoms with Crippen LogP contribution in [0.25, 0.3) is 0 Å². The Kier molecular flexibility index (Phi) is 5.36. The molecule has 2 fully saturated rings. The quantitative estimate of drug-likeness (QED) is 0.691. The van der Waals surface area contributed by atoms with Crippen LogP contribution in [0.5, 0.6) is 0 Å². The van der Waals surface area contributed by atoms with Crippen LogP contribution in [0.1, 0.15) is 25.7 Å². The lowest BCUT2D eigenvalue weighted by Gasteiger charge is -2.32. The summed E-state index contributed by atoms with van der Waals surface area (Å²) in [5, 5.41) is 0. The number of amides is 1. The summed E-state index contributed by atoms with van der Waals surface area (Å²) in [4.78, 5) is 15.8. The van der Waals surface area contributed by atoms with Gasteiger partial charge in [-0.25, -0.2) is 0 Å². The second-order valence-corrected chi connectivity index (χ2v) is 7.14. The summed E-state index contributed by atoms with van der Waals surface area (Å²) in [6.45, 7) is 2.82. The Morgan fingerprint density at radius 1 is 1.15 bits per heavy atom. The monoisotopic (exact) mass is 304 g/mol. The molecule has 116 valence electrons. The lowest BCUT2D eigenvalue weighted by molar-refractivity contribution is -0.131. The summed E-state index contributed by atoms with van der Waals surface area (Å²) in [6, 6.07) is 0.0197. The Morgan fingerprint density at radius 3 is 2.35 bits per heavy atom. The molecule has 20 heavy (non-hydrogen) atoms. The van der Waals surface area contributed by atoms with Gasteiger partial charge in [0.25, 0.3) is 10.2 Å². The van der Waals surface area contributed by atoms with Crippen LogP contribution in [0.15, 0.2) is 0 Å². The highest BCUT2D eigenvalue weighted by Crippen LogP contribution is 2.17. The van der Waals surface area contributed by atoms with Crippen molar-refractivity contribution in [2.45, 2.75) is 31.7 Å². The van der Waals surface area contributed by atoms with Crippen molar-refractivity contribution in [1.82, 2.24) is 19.2 Å². The Morgan fingerprint density at radius 2 is 1.75 bits per heavy atom. The first-order valence-corrected chi connectivity index (χ1v) is 8.68. The Hall–Kier alpha value is -0.700. The van der Waals surface area contributed by atoms with Gasteiger partial charge in [-0.15, -0.1) is 0 Å². The molecule has 1 saturated carbocycles. The van der Waals surface area contributed by atoms with E-state index in [-0.39, 0.29) is 18.5 Å². The van der Waals surface area contributed by atoms with Gasteiger partial charge in [0.2, 0.25) is 5.91 Å². The Balaban J connectivity index is 1.74. The first kappa shape index (κ1) is 15.7. The van der Waals surface area contributed by atoms with Gasteiger partial charge in [-0.05, 0) is 19.9 Å². The molecule has 0 unspecified atom stereocenters. The molecule has 1 saturated heterocycles. The number of nitrogens with zero attached hydrogens (tertiary/aromatic N) is 2. The molecule has 7 nitrogen and oxygen atoms in total. The zero-order valence-electron chi connectivity index (χ0n) is 12.0. The van der Waals surface area contributed by atoms with E-state index in [0.717, 1.165) is 38.8 Å². The maximum absolute atomic E-state index is 11.9. The lowest BCUT2D eigenvalue weighted by Crippen LogP contribution is -2.51. The van der Waals surface area contributed by atoms with Crippen molar-refractivity contribution in [3.8, 4) is 0 Å². The van der Waals surface area contributed by atoms with Crippen molar-refractivity contribution in [1.29, 1.82) is 0 Å². The second kappa shape index (κ2) is 6.84. The number of hydrogen-bond donors (Lipinski definition) is 2. The zero-order valence-corrected chi connectivity index (χ0v) is 12.8. The van der Waals surface area contributed by atoms with E-state index in [2.05, 4.69) is 14.3 Å². The number of piperazine rings is 1. The molecular formula is C12H24N4O3S. The van der Waals surface area contributed by atoms with E-state index in [9.17, 15) is 13.2 Å². The fraction of sp³-hybridized carbons (Fsp3) is 0.917. The third kappa shape index (κ3) is 4.69. The van der Waals surface area contributed by atoms with Crippen LogP contribution in [-0.4, -0.2) is 69.9 Å². The van der Waals surface area contributed by atoms with Gasteiger partial charge in [0.05, 0.1) is 6.54 Å². The van der Waals surface area contributed by atoms with Gasteiger partial charge in [0.1, 0.15) is 0 Å². The largest absolute Gasteiger partial charge is 0.339 e. The molecule has 0 bridgehead atoms. The standard InChI is InChI=1S/C12H24N4O3S/c1-15-6-8-16(9-7-15)12(17)10-13-20(18,19)14-11-4-2-3-5-11/h11,13-14H,2-10H2,1H3. The van der Waals surface area contributed by atoms with Crippen molar-refractivity contribution in [2.75, 3.05) is 39.8 Å². The number of carbonyl (C=O) groups excluding carboxylic acids is 1. The van der Waals surface area contributed by atoms with E-state index in [0.29, 0.717) is 13.1 Å². The first-order valence-electron chi connectivity index (χ1n) is 7.19. The first-order chi connectivity index (χ1) is 9.46. The molecule has 0 aromatic rings. The van der Waals surface area contributed by atoms with Crippen LogP contribution in [0.3, 0.4) is 0 Å². The molecule has 2 rings (SSSR count). The number of likely N-dealkylation sites (N-methyl/N-ethyl adjacent to an activating group) is 1. The van der Waals surface area contributed by atoms with Gasteiger partial charge >= 0.3 is 0 Å². The highest BCUT2D eigenvalue weighted by molar-refractivity contribution is 7.87. The van der Waals surface area contributed by atoms with Crippen molar-refractivity contribution in [3.05, 3.63) is 0 Å². The average molecular weight is 304 g/mol. The van der Waals surface area contributed by atoms with Crippen molar-refractivity contribution >= 4 is 16.1 Å². The second-order valence-electron chi connectivity index (χ2n) is 5.61. The van der Waals surface area contributed by atoms with Gasteiger partial charge in [-0.3, -0.25) is 4.79 Å². The fourth-order valence-electron chi connectivity index (χ4n) is 2.63. The molecule has 2 N–H and O–H groups in total. The maximum atomic E-state index is 11.9. The summed E-state index contributed by atoms with van der Waals surface area (Å²) >= 11 is 0. The van der Waals surface area contributed by atoms with E-state index in [4.69, 9.17) is 0 Å². The fourth-order valence-corrected chi connectivity index (χ4v) is 3.70. The molecule has 0 aromatic heterocycles. The summed E-state index contributed by atoms with van der Waals surface area (Å²) < 4.78 is 28.6. The zero-order chi connectivity index (χ0) is 14.6. The van der Waals surface area contributed by atoms with Crippen LogP contribution in [0.4, 0.5) is 0 Å². The predicted octanol–water partition coefficient (Wildman–Crippen LogP) is -0.873. The Labute approximate surface area is 120 Å². The van der Waals surface area contributed by atoms with Crippen LogP contribution in [-0.2, 0) is 15.0 Å². The summed E-state index contributed by atoms with van der Waals surface area (Å²) in [7, 11) is -1.56. The molecular weight excluding hydrogens is 280 g/mol. The van der Waals surface area contributed by atoms with Gasteiger partial charge in [0.15, 0.2) is 0 Å². The number of nitrogens with one attached hydrogen (secondary N) is 2. The van der Waals surface area contributed by atoms with Gasteiger partial charge < -0.3 is 9.80 Å². The molecule has 8 heteroatoms. The Bertz CT molecular complexity index is 426. The summed E-state index contributed by atoms with van der Waals surface area (Å²) in [5.74, 6) is -0.158. The van der Waals surface area contributed by atoms with Gasteiger partial charge in [0, 0.05) is 32.2 Å². The van der Waals surface area contributed by atoms with Crippen LogP contribution >= 0.6 is 0 Å². The molecule has 0 spiro atoms. The highest BCUT2D eigenvalue weighted by atomic mass is 32.2. The number of rotatable bonds is 5. The van der Waals surface area contributed by atoms with Crippen LogP contribution in [0, 0.1) is 0 Å². The average Bonchev–Trinajstić information content (AvgIpc) is 2.89. The molecule has 0 aromatic carbocycles. The van der Waals surface area contributed by atoms with Crippen LogP contribution in [0.2, 0.25) is 0 Å². The van der Waals surface area contributed by atoms with Gasteiger partial charge in [-0.1, -0.05) is 12.8 Å². The third-order valence-corrected chi connectivity index (χ3v) is 5.11. The van der Waals surface area contributed by atoms with Crippen molar-refractivity contribution in [2.24, 2.45) is 0 Å². The predicted molar refractivity (Wildman–Crippen MR) is 76.4 cm³/mol. The normalized spacial score (nSPS) is 22.4. The minimum absolute atomic E-state index is 0.0197. The van der Waals surface area contributed by atoms with Crippen molar-refractivity contribution in [3.63, 3.8) is 0 Å². The van der Waals surface area contributed by atoms with E-state index >= 15 is 0 Å². The van der Waals surface area contributed by atoms with E-state index < -0.39 is 10.2 Å². The molecule has 0 radical (unpaired) electrons. The van der Waals surface area contributed by atoms with E-state index in [1.165, 1.54) is 0 Å². The van der Waals surface area contributed by atoms with E-state index in [1.54, 1.807) is 4.90 Å². The topological polar surface area (TPSA) is 81.8 Å². The smallest absolute Gasteiger partial charge is 0.277 e. The van der Waals surface area contributed by atoms with Crippen molar-refractivity contribution < 1.29 is 13.2 Å². The van der Waals surface area contributed by atoms with Crippen LogP contribution < -0.4 is 9.44 Å². The van der Waals surface area contributed by atoms with Gasteiger partial charge in [-0.2, -0.15) is 17.9 Å². The van der Waals surface area contributed by atoms with E-state index in [1.807, 2.05) is 7.05 Å². The summed E-state index contributed by atoms with van der Waals surface area (Å²) in [5.41, 5.74) is 0. The third-order valence-electron chi connectivity index (χ3n) is 3.95. The number of hydrogen-bond acceptors (Lipinski definition) is 4. The highest BCUT2D eigenvalue weighted by Gasteiger charge is 2.23. The molecule has 1 aliphatic carbocycles.